The van der Waals surface area contributed by atoms with E-state index in [9.17, 15) is 14.9 Å². The smallest absolute Gasteiger partial charge is 0.410 e. The Balaban J connectivity index is 1.21. The van der Waals surface area contributed by atoms with Gasteiger partial charge in [-0.15, -0.1) is 0 Å². The molecule has 234 valence electrons. The number of anilines is 1. The van der Waals surface area contributed by atoms with Crippen LogP contribution in [-0.4, -0.2) is 85.0 Å². The van der Waals surface area contributed by atoms with Gasteiger partial charge in [0.05, 0.1) is 28.9 Å². The number of amides is 2. The Kier molecular flexibility index (Phi) is 9.30. The lowest BCUT2D eigenvalue weighted by molar-refractivity contribution is 0.0240. The number of rotatable bonds is 7. The van der Waals surface area contributed by atoms with Crippen LogP contribution in [0.25, 0.3) is 11.1 Å². The first-order valence-corrected chi connectivity index (χ1v) is 15.3. The molecule has 0 saturated carbocycles. The fraction of sp³-hybridized carbons (Fsp3) is 0.382. The topological polar surface area (TPSA) is 111 Å². The molecule has 0 atom stereocenters. The van der Waals surface area contributed by atoms with E-state index in [0.29, 0.717) is 66.7 Å². The SMILES string of the molecule is COc1ccc2c(c1)CC(CCN(C)C(=O)c1ccc(-c3cnc(N4CCN(C(=O)OC(C)(C)C)CC4)c(C#N)c3)cc1Cl)=N2. The van der Waals surface area contributed by atoms with Crippen molar-refractivity contribution in [3.8, 4) is 22.9 Å². The molecule has 2 aromatic carbocycles. The molecular weight excluding hydrogens is 592 g/mol. The number of halogens is 1. The number of methoxy groups -OCH3 is 1. The second-order valence-electron chi connectivity index (χ2n) is 12.2. The fourth-order valence-electron chi connectivity index (χ4n) is 5.36. The quantitative estimate of drug-likeness (QED) is 0.309. The average Bonchev–Trinajstić information content (AvgIpc) is 3.44. The first kappa shape index (κ1) is 31.8. The second kappa shape index (κ2) is 13.2. The molecule has 3 heterocycles. The molecule has 2 aliphatic heterocycles. The Labute approximate surface area is 268 Å². The van der Waals surface area contributed by atoms with Crippen LogP contribution in [0.1, 0.15) is 48.7 Å². The Morgan fingerprint density at radius 3 is 2.49 bits per heavy atom. The number of benzene rings is 2. The van der Waals surface area contributed by atoms with Crippen LogP contribution in [0.3, 0.4) is 0 Å². The number of ether oxygens (including phenoxy) is 2. The van der Waals surface area contributed by atoms with Gasteiger partial charge in [0.25, 0.3) is 5.91 Å². The van der Waals surface area contributed by atoms with Crippen molar-refractivity contribution in [1.29, 1.82) is 5.26 Å². The molecule has 0 bridgehead atoms. The summed E-state index contributed by atoms with van der Waals surface area (Å²) in [5.74, 6) is 1.20. The van der Waals surface area contributed by atoms with E-state index in [0.717, 1.165) is 34.7 Å². The Morgan fingerprint density at radius 2 is 1.82 bits per heavy atom. The standard InChI is InChI=1S/C34H37ClN6O4/c1-34(2,3)45-33(43)41-14-12-40(13-15-41)31-24(20-36)16-25(21-37-31)22-6-8-28(29(35)19-22)32(42)39(4)11-10-26-17-23-18-27(44-5)7-9-30(23)38-26/h6-9,16,18-19,21H,10-15,17H2,1-5H3. The number of piperazine rings is 1. The third-order valence-electron chi connectivity index (χ3n) is 7.79. The Hall–Kier alpha value is -4.62. The van der Waals surface area contributed by atoms with Crippen molar-refractivity contribution in [3.05, 3.63) is 70.4 Å². The van der Waals surface area contributed by atoms with Gasteiger partial charge < -0.3 is 24.2 Å². The summed E-state index contributed by atoms with van der Waals surface area (Å²) in [6, 6.07) is 15.1. The maximum absolute atomic E-state index is 13.3. The number of hydrogen-bond acceptors (Lipinski definition) is 8. The third kappa shape index (κ3) is 7.37. The van der Waals surface area contributed by atoms with Gasteiger partial charge >= 0.3 is 6.09 Å². The summed E-state index contributed by atoms with van der Waals surface area (Å²) >= 11 is 6.62. The highest BCUT2D eigenvalue weighted by molar-refractivity contribution is 6.34. The van der Waals surface area contributed by atoms with Gasteiger partial charge in [0.15, 0.2) is 0 Å². The molecule has 0 spiro atoms. The maximum atomic E-state index is 13.3. The molecule has 3 aromatic rings. The summed E-state index contributed by atoms with van der Waals surface area (Å²) in [6.45, 7) is 8.04. The van der Waals surface area contributed by atoms with E-state index in [1.54, 1.807) is 48.4 Å². The zero-order chi connectivity index (χ0) is 32.3. The number of aliphatic imine (C=N–C) groups is 1. The van der Waals surface area contributed by atoms with Crippen LogP contribution in [0.15, 0.2) is 53.7 Å². The van der Waals surface area contributed by atoms with E-state index >= 15 is 0 Å². The van der Waals surface area contributed by atoms with Crippen LogP contribution in [0, 0.1) is 11.3 Å². The van der Waals surface area contributed by atoms with Gasteiger partial charge in [-0.05, 0) is 68.3 Å². The second-order valence-corrected chi connectivity index (χ2v) is 12.6. The van der Waals surface area contributed by atoms with E-state index < -0.39 is 5.60 Å². The van der Waals surface area contributed by atoms with Crippen LogP contribution < -0.4 is 9.64 Å². The normalized spacial score (nSPS) is 14.4. The molecule has 2 aliphatic rings. The van der Waals surface area contributed by atoms with Gasteiger partial charge in [-0.3, -0.25) is 9.79 Å². The summed E-state index contributed by atoms with van der Waals surface area (Å²) in [5.41, 5.74) is 4.82. The van der Waals surface area contributed by atoms with Crippen LogP contribution in [0.4, 0.5) is 16.3 Å². The number of hydrogen-bond donors (Lipinski definition) is 0. The summed E-state index contributed by atoms with van der Waals surface area (Å²) in [7, 11) is 3.40. The lowest BCUT2D eigenvalue weighted by atomic mass is 10.0. The molecule has 45 heavy (non-hydrogen) atoms. The Morgan fingerprint density at radius 1 is 1.07 bits per heavy atom. The summed E-state index contributed by atoms with van der Waals surface area (Å²) in [4.78, 5) is 40.3. The van der Waals surface area contributed by atoms with E-state index in [4.69, 9.17) is 26.1 Å². The molecule has 1 fully saturated rings. The molecular formula is C34H37ClN6O4. The zero-order valence-electron chi connectivity index (χ0n) is 26.3. The van der Waals surface area contributed by atoms with E-state index in [2.05, 4.69) is 11.1 Å². The molecule has 1 aromatic heterocycles. The molecule has 0 unspecified atom stereocenters. The predicted octanol–water partition coefficient (Wildman–Crippen LogP) is 6.13. The van der Waals surface area contributed by atoms with Crippen molar-refractivity contribution in [3.63, 3.8) is 0 Å². The van der Waals surface area contributed by atoms with Gasteiger partial charge in [-0.25, -0.2) is 9.78 Å². The Bertz CT molecular complexity index is 1680. The molecule has 0 N–H and O–H groups in total. The highest BCUT2D eigenvalue weighted by atomic mass is 35.5. The maximum Gasteiger partial charge on any atom is 0.410 e. The lowest BCUT2D eigenvalue weighted by Crippen LogP contribution is -2.50. The monoisotopic (exact) mass is 628 g/mol. The molecule has 5 rings (SSSR count). The van der Waals surface area contributed by atoms with Gasteiger partial charge in [-0.1, -0.05) is 17.7 Å². The summed E-state index contributed by atoms with van der Waals surface area (Å²) in [6.07, 6.45) is 2.75. The minimum Gasteiger partial charge on any atom is -0.497 e. The average molecular weight is 629 g/mol. The van der Waals surface area contributed by atoms with Gasteiger partial charge in [0.1, 0.15) is 23.2 Å². The highest BCUT2D eigenvalue weighted by Gasteiger charge is 2.27. The molecule has 2 amide bonds. The largest absolute Gasteiger partial charge is 0.497 e. The molecule has 0 aliphatic carbocycles. The van der Waals surface area contributed by atoms with Crippen LogP contribution in [-0.2, 0) is 11.2 Å². The number of carbonyl (C=O) groups is 2. The predicted molar refractivity (Wildman–Crippen MR) is 175 cm³/mol. The minimum atomic E-state index is -0.557. The van der Waals surface area contributed by atoms with Crippen molar-refractivity contribution in [2.75, 3.05) is 51.8 Å². The number of fused-ring (bicyclic) bond motifs is 1. The summed E-state index contributed by atoms with van der Waals surface area (Å²) < 4.78 is 10.8. The molecule has 1 saturated heterocycles. The molecule has 0 radical (unpaired) electrons. The van der Waals surface area contributed by atoms with E-state index in [-0.39, 0.29) is 12.0 Å². The van der Waals surface area contributed by atoms with Crippen LogP contribution in [0.5, 0.6) is 5.75 Å². The van der Waals surface area contributed by atoms with Crippen LogP contribution in [0.2, 0.25) is 5.02 Å². The van der Waals surface area contributed by atoms with Crippen molar-refractivity contribution in [2.24, 2.45) is 4.99 Å². The van der Waals surface area contributed by atoms with Crippen LogP contribution >= 0.6 is 11.6 Å². The van der Waals surface area contributed by atoms with Crippen molar-refractivity contribution in [2.45, 2.75) is 39.2 Å². The van der Waals surface area contributed by atoms with E-state index in [1.165, 1.54) is 0 Å². The first-order chi connectivity index (χ1) is 21.5. The zero-order valence-corrected chi connectivity index (χ0v) is 27.0. The molecule has 11 heteroatoms. The first-order valence-electron chi connectivity index (χ1n) is 14.9. The van der Waals surface area contributed by atoms with Gasteiger partial charge in [0.2, 0.25) is 0 Å². The number of carbonyl (C=O) groups excluding carboxylic acids is 2. The number of nitriles is 1. The lowest BCUT2D eigenvalue weighted by Gasteiger charge is -2.36. The third-order valence-corrected chi connectivity index (χ3v) is 8.11. The fourth-order valence-corrected chi connectivity index (χ4v) is 5.62. The van der Waals surface area contributed by atoms with Crippen molar-refractivity contribution >= 4 is 40.8 Å². The molecule has 10 nitrogen and oxygen atoms in total. The minimum absolute atomic E-state index is 0.180. The number of pyridine rings is 1. The van der Waals surface area contributed by atoms with Gasteiger partial charge in [-0.2, -0.15) is 5.26 Å². The number of aromatic nitrogens is 1. The van der Waals surface area contributed by atoms with Gasteiger partial charge in [0, 0.05) is 70.1 Å². The highest BCUT2D eigenvalue weighted by Crippen LogP contribution is 2.32. The number of nitrogens with zero attached hydrogens (tertiary/aromatic N) is 6. The van der Waals surface area contributed by atoms with Crippen molar-refractivity contribution in [1.82, 2.24) is 14.8 Å². The van der Waals surface area contributed by atoms with Crippen molar-refractivity contribution < 1.29 is 19.1 Å². The summed E-state index contributed by atoms with van der Waals surface area (Å²) in [5, 5.41) is 10.3. The van der Waals surface area contributed by atoms with E-state index in [1.807, 2.05) is 49.9 Å².